The largest absolute Gasteiger partial charge is 0.376 e. The Labute approximate surface area is 146 Å². The van der Waals surface area contributed by atoms with Gasteiger partial charge in [0, 0.05) is 22.9 Å². The second-order valence-corrected chi connectivity index (χ2v) is 8.18. The first-order chi connectivity index (χ1) is 11.2. The molecule has 23 heavy (non-hydrogen) atoms. The van der Waals surface area contributed by atoms with Crippen molar-refractivity contribution in [1.82, 2.24) is 19.7 Å². The number of thioether (sulfide) groups is 1. The Balaban J connectivity index is 1.67. The van der Waals surface area contributed by atoms with Crippen LogP contribution in [-0.4, -0.2) is 45.7 Å². The Morgan fingerprint density at radius 3 is 2.91 bits per heavy atom. The maximum Gasteiger partial charge on any atom is 0.191 e. The zero-order valence-corrected chi connectivity index (χ0v) is 15.6. The van der Waals surface area contributed by atoms with Crippen molar-refractivity contribution < 1.29 is 4.74 Å². The third-order valence-corrected chi connectivity index (χ3v) is 5.67. The summed E-state index contributed by atoms with van der Waals surface area (Å²) in [6.07, 6.45) is 4.66. The van der Waals surface area contributed by atoms with E-state index in [9.17, 15) is 0 Å². The van der Waals surface area contributed by atoms with E-state index in [0.29, 0.717) is 6.10 Å². The molecule has 1 aliphatic rings. The van der Waals surface area contributed by atoms with Crippen LogP contribution in [0.25, 0.3) is 0 Å². The lowest BCUT2D eigenvalue weighted by atomic mass is 10.2. The number of hydrogen-bond donors (Lipinski definition) is 0. The summed E-state index contributed by atoms with van der Waals surface area (Å²) < 4.78 is 8.02. The van der Waals surface area contributed by atoms with Gasteiger partial charge in [0.05, 0.1) is 19.2 Å². The molecule has 0 N–H and O–H groups in total. The molecule has 0 radical (unpaired) electrons. The molecule has 5 nitrogen and oxygen atoms in total. The number of thiophene rings is 1. The van der Waals surface area contributed by atoms with Crippen molar-refractivity contribution in [1.29, 1.82) is 0 Å². The van der Waals surface area contributed by atoms with Crippen molar-refractivity contribution >= 4 is 23.1 Å². The van der Waals surface area contributed by atoms with Crippen LogP contribution in [-0.2, 0) is 24.4 Å². The molecule has 0 bridgehead atoms. The molecule has 7 heteroatoms. The van der Waals surface area contributed by atoms with Gasteiger partial charge in [0.15, 0.2) is 5.16 Å². The van der Waals surface area contributed by atoms with Crippen molar-refractivity contribution in [2.75, 3.05) is 19.9 Å². The lowest BCUT2D eigenvalue weighted by molar-refractivity contribution is 0.0934. The van der Waals surface area contributed by atoms with Gasteiger partial charge in [0.25, 0.3) is 0 Å². The summed E-state index contributed by atoms with van der Waals surface area (Å²) in [6, 6.07) is 4.39. The molecule has 0 saturated carbocycles. The summed E-state index contributed by atoms with van der Waals surface area (Å²) >= 11 is 3.51. The smallest absolute Gasteiger partial charge is 0.191 e. The number of nitrogens with zero attached hydrogens (tertiary/aromatic N) is 4. The molecule has 2 aromatic rings. The van der Waals surface area contributed by atoms with Crippen molar-refractivity contribution in [3.05, 3.63) is 27.7 Å². The van der Waals surface area contributed by atoms with Crippen LogP contribution in [0, 0.1) is 6.92 Å². The molecule has 0 amide bonds. The first kappa shape index (κ1) is 17.0. The summed E-state index contributed by atoms with van der Waals surface area (Å²) in [4.78, 5) is 5.05. The summed E-state index contributed by atoms with van der Waals surface area (Å²) in [5.74, 6) is 1.03. The molecular formula is C16H24N4OS2. The van der Waals surface area contributed by atoms with Gasteiger partial charge in [-0.1, -0.05) is 11.8 Å². The second kappa shape index (κ2) is 7.79. The highest BCUT2D eigenvalue weighted by molar-refractivity contribution is 7.98. The van der Waals surface area contributed by atoms with Crippen molar-refractivity contribution in [2.24, 2.45) is 0 Å². The molecule has 3 heterocycles. The van der Waals surface area contributed by atoms with Crippen molar-refractivity contribution in [3.63, 3.8) is 0 Å². The van der Waals surface area contributed by atoms with Crippen LogP contribution in [0.4, 0.5) is 0 Å². The van der Waals surface area contributed by atoms with E-state index in [1.807, 2.05) is 11.3 Å². The van der Waals surface area contributed by atoms with Crippen LogP contribution < -0.4 is 0 Å². The normalized spacial score (nSPS) is 18.2. The van der Waals surface area contributed by atoms with E-state index >= 15 is 0 Å². The molecule has 1 atom stereocenters. The number of rotatable bonds is 7. The van der Waals surface area contributed by atoms with E-state index in [0.717, 1.165) is 50.1 Å². The number of aromatic nitrogens is 3. The summed E-state index contributed by atoms with van der Waals surface area (Å²) in [6.45, 7) is 5.65. The predicted octanol–water partition coefficient (Wildman–Crippen LogP) is 3.18. The van der Waals surface area contributed by atoms with Gasteiger partial charge >= 0.3 is 0 Å². The van der Waals surface area contributed by atoms with E-state index in [4.69, 9.17) is 4.74 Å². The maximum atomic E-state index is 5.79. The Bertz CT molecular complexity index is 634. The average molecular weight is 353 g/mol. The minimum Gasteiger partial charge on any atom is -0.376 e. The summed E-state index contributed by atoms with van der Waals surface area (Å²) in [7, 11) is 2.14. The Morgan fingerprint density at radius 1 is 1.39 bits per heavy atom. The highest BCUT2D eigenvalue weighted by Gasteiger charge is 2.21. The van der Waals surface area contributed by atoms with Gasteiger partial charge in [-0.3, -0.25) is 4.90 Å². The lowest BCUT2D eigenvalue weighted by Crippen LogP contribution is -2.23. The fourth-order valence-corrected chi connectivity index (χ4v) is 4.39. The average Bonchev–Trinajstić information content (AvgIpc) is 3.24. The lowest BCUT2D eigenvalue weighted by Gasteiger charge is -2.18. The zero-order chi connectivity index (χ0) is 16.2. The topological polar surface area (TPSA) is 43.2 Å². The van der Waals surface area contributed by atoms with Gasteiger partial charge in [0.1, 0.15) is 5.82 Å². The fourth-order valence-electron chi connectivity index (χ4n) is 2.90. The van der Waals surface area contributed by atoms with Crippen LogP contribution in [0.5, 0.6) is 0 Å². The van der Waals surface area contributed by atoms with Gasteiger partial charge in [-0.25, -0.2) is 0 Å². The Kier molecular flexibility index (Phi) is 5.74. The third kappa shape index (κ3) is 4.35. The van der Waals surface area contributed by atoms with Gasteiger partial charge in [-0.2, -0.15) is 0 Å². The van der Waals surface area contributed by atoms with Crippen LogP contribution in [0.3, 0.4) is 0 Å². The minimum absolute atomic E-state index is 0.306. The first-order valence-corrected chi connectivity index (χ1v) is 10.0. The molecule has 1 saturated heterocycles. The van der Waals surface area contributed by atoms with Crippen LogP contribution >= 0.6 is 23.1 Å². The van der Waals surface area contributed by atoms with Crippen molar-refractivity contribution in [2.45, 2.75) is 50.7 Å². The van der Waals surface area contributed by atoms with E-state index in [2.05, 4.69) is 52.0 Å². The number of aryl methyl sites for hydroxylation is 1. The molecule has 0 spiro atoms. The SMILES string of the molecule is CSc1nnc(CN(C)Cc2ccc(C)s2)n1C[C@H]1CCCO1. The molecule has 126 valence electrons. The van der Waals surface area contributed by atoms with Crippen LogP contribution in [0.1, 0.15) is 28.4 Å². The fraction of sp³-hybridized carbons (Fsp3) is 0.625. The van der Waals surface area contributed by atoms with Gasteiger partial charge < -0.3 is 9.30 Å². The highest BCUT2D eigenvalue weighted by atomic mass is 32.2. The Morgan fingerprint density at radius 2 is 2.26 bits per heavy atom. The number of hydrogen-bond acceptors (Lipinski definition) is 6. The quantitative estimate of drug-likeness (QED) is 0.716. The number of ether oxygens (including phenoxy) is 1. The molecule has 1 fully saturated rings. The second-order valence-electron chi connectivity index (χ2n) is 6.03. The molecular weight excluding hydrogens is 328 g/mol. The Hall–Kier alpha value is -0.890. The third-order valence-electron chi connectivity index (χ3n) is 4.02. The van der Waals surface area contributed by atoms with E-state index in [1.54, 1.807) is 11.8 Å². The standard InChI is InChI=1S/C16H24N4OS2/c1-12-6-7-14(23-12)10-19(2)11-15-17-18-16(22-3)20(15)9-13-5-4-8-21-13/h6-7,13H,4-5,8-11H2,1-3H3/t13-/m1/s1. The molecule has 0 aliphatic carbocycles. The summed E-state index contributed by atoms with van der Waals surface area (Å²) in [5, 5.41) is 9.73. The van der Waals surface area contributed by atoms with Crippen LogP contribution in [0.2, 0.25) is 0 Å². The van der Waals surface area contributed by atoms with Gasteiger partial charge in [0.2, 0.25) is 0 Å². The zero-order valence-electron chi connectivity index (χ0n) is 14.0. The summed E-state index contributed by atoms with van der Waals surface area (Å²) in [5.41, 5.74) is 0. The van der Waals surface area contributed by atoms with Gasteiger partial charge in [-0.05, 0) is 45.2 Å². The van der Waals surface area contributed by atoms with Crippen molar-refractivity contribution in [3.8, 4) is 0 Å². The minimum atomic E-state index is 0.306. The highest BCUT2D eigenvalue weighted by Crippen LogP contribution is 2.21. The monoisotopic (exact) mass is 352 g/mol. The molecule has 0 unspecified atom stereocenters. The maximum absolute atomic E-state index is 5.79. The van der Waals surface area contributed by atoms with Crippen LogP contribution in [0.15, 0.2) is 17.3 Å². The van der Waals surface area contributed by atoms with E-state index < -0.39 is 0 Å². The molecule has 3 rings (SSSR count). The van der Waals surface area contributed by atoms with E-state index in [-0.39, 0.29) is 0 Å². The molecule has 0 aromatic carbocycles. The van der Waals surface area contributed by atoms with E-state index in [1.165, 1.54) is 9.75 Å². The predicted molar refractivity (Wildman–Crippen MR) is 95.0 cm³/mol. The van der Waals surface area contributed by atoms with Gasteiger partial charge in [-0.15, -0.1) is 21.5 Å². The molecule has 1 aliphatic heterocycles. The molecule has 2 aromatic heterocycles. The first-order valence-electron chi connectivity index (χ1n) is 7.97.